The molecule has 0 aromatic heterocycles. The van der Waals surface area contributed by atoms with E-state index in [-0.39, 0.29) is 24.3 Å². The summed E-state index contributed by atoms with van der Waals surface area (Å²) < 4.78 is 46.0. The molecule has 102 valence electrons. The number of ether oxygens (including phenoxy) is 1. The maximum atomic E-state index is 13.4. The maximum absolute atomic E-state index is 13.4. The van der Waals surface area contributed by atoms with Crippen LogP contribution in [0.3, 0.4) is 0 Å². The van der Waals surface area contributed by atoms with Crippen LogP contribution in [0, 0.1) is 17.1 Å². The molecule has 1 aliphatic rings. The second-order valence-corrected chi connectivity index (χ2v) is 5.56. The third-order valence-corrected chi connectivity index (χ3v) is 4.20. The van der Waals surface area contributed by atoms with Crippen LogP contribution in [0.2, 0.25) is 0 Å². The van der Waals surface area contributed by atoms with E-state index in [2.05, 4.69) is 4.72 Å². The van der Waals surface area contributed by atoms with Gasteiger partial charge in [0.15, 0.2) is 0 Å². The lowest BCUT2D eigenvalue weighted by Crippen LogP contribution is -2.43. The summed E-state index contributed by atoms with van der Waals surface area (Å²) in [6.45, 7) is 1.09. The van der Waals surface area contributed by atoms with Crippen molar-refractivity contribution in [2.45, 2.75) is 0 Å². The lowest BCUT2D eigenvalue weighted by molar-refractivity contribution is 0.0733. The van der Waals surface area contributed by atoms with Gasteiger partial charge in [-0.25, -0.2) is 4.39 Å². The van der Waals surface area contributed by atoms with Crippen molar-refractivity contribution < 1.29 is 17.5 Å². The summed E-state index contributed by atoms with van der Waals surface area (Å²) in [4.78, 5) is 0. The fraction of sp³-hybridized carbons (Fsp3) is 0.364. The molecule has 1 heterocycles. The lowest BCUT2D eigenvalue weighted by Gasteiger charge is -2.26. The van der Waals surface area contributed by atoms with E-state index in [0.717, 1.165) is 6.07 Å². The fourth-order valence-corrected chi connectivity index (χ4v) is 2.92. The van der Waals surface area contributed by atoms with Gasteiger partial charge in [0, 0.05) is 13.1 Å². The first-order chi connectivity index (χ1) is 9.04. The van der Waals surface area contributed by atoms with Crippen LogP contribution in [0.25, 0.3) is 0 Å². The van der Waals surface area contributed by atoms with Gasteiger partial charge in [0.05, 0.1) is 18.9 Å². The zero-order chi connectivity index (χ0) is 13.9. The summed E-state index contributed by atoms with van der Waals surface area (Å²) in [6.07, 6.45) is 0. The quantitative estimate of drug-likeness (QED) is 0.885. The van der Waals surface area contributed by atoms with E-state index < -0.39 is 16.0 Å². The zero-order valence-corrected chi connectivity index (χ0v) is 10.8. The Morgan fingerprint density at radius 2 is 2.05 bits per heavy atom. The number of nitriles is 1. The van der Waals surface area contributed by atoms with Gasteiger partial charge in [-0.2, -0.15) is 18.0 Å². The van der Waals surface area contributed by atoms with E-state index >= 15 is 0 Å². The van der Waals surface area contributed by atoms with Crippen molar-refractivity contribution in [3.05, 3.63) is 29.6 Å². The van der Waals surface area contributed by atoms with Crippen LogP contribution in [0.1, 0.15) is 5.56 Å². The molecule has 0 bridgehead atoms. The van der Waals surface area contributed by atoms with Crippen molar-refractivity contribution >= 4 is 15.9 Å². The van der Waals surface area contributed by atoms with Gasteiger partial charge >= 0.3 is 10.2 Å². The van der Waals surface area contributed by atoms with E-state index in [9.17, 15) is 12.8 Å². The largest absolute Gasteiger partial charge is 0.379 e. The lowest BCUT2D eigenvalue weighted by atomic mass is 10.2. The van der Waals surface area contributed by atoms with Gasteiger partial charge in [-0.05, 0) is 12.1 Å². The number of halogens is 1. The van der Waals surface area contributed by atoms with Gasteiger partial charge in [0.25, 0.3) is 0 Å². The van der Waals surface area contributed by atoms with Crippen LogP contribution >= 0.6 is 0 Å². The molecule has 1 fully saturated rings. The Hall–Kier alpha value is -1.69. The Labute approximate surface area is 110 Å². The molecule has 1 aliphatic heterocycles. The fourth-order valence-electron chi connectivity index (χ4n) is 1.71. The van der Waals surface area contributed by atoms with Gasteiger partial charge in [-0.15, -0.1) is 0 Å². The Bertz CT molecular complexity index is 606. The second-order valence-electron chi connectivity index (χ2n) is 3.89. The number of benzene rings is 1. The molecule has 1 N–H and O–H groups in total. The molecule has 1 saturated heterocycles. The van der Waals surface area contributed by atoms with Gasteiger partial charge in [0.2, 0.25) is 0 Å². The molecular weight excluding hydrogens is 273 g/mol. The van der Waals surface area contributed by atoms with Crippen LogP contribution in [0.5, 0.6) is 0 Å². The summed E-state index contributed by atoms with van der Waals surface area (Å²) >= 11 is 0. The molecule has 0 radical (unpaired) electrons. The molecular formula is C11H12FN3O3S. The minimum Gasteiger partial charge on any atom is -0.379 e. The predicted molar refractivity (Wildman–Crippen MR) is 66.0 cm³/mol. The molecule has 0 spiro atoms. The standard InChI is InChI=1S/C11H12FN3O3S/c12-10-2-1-3-11(9(10)8-13)14-19(16,17)15-4-6-18-7-5-15/h1-3,14H,4-7H2. The van der Waals surface area contributed by atoms with E-state index in [1.165, 1.54) is 16.4 Å². The van der Waals surface area contributed by atoms with Crippen LogP contribution in [-0.4, -0.2) is 39.0 Å². The number of nitrogens with zero attached hydrogens (tertiary/aromatic N) is 2. The first-order valence-corrected chi connectivity index (χ1v) is 7.03. The second kappa shape index (κ2) is 5.52. The van der Waals surface area contributed by atoms with Crippen molar-refractivity contribution in [2.24, 2.45) is 0 Å². The summed E-state index contributed by atoms with van der Waals surface area (Å²) in [7, 11) is -3.80. The van der Waals surface area contributed by atoms with Gasteiger partial charge < -0.3 is 4.74 Å². The van der Waals surface area contributed by atoms with Gasteiger partial charge in [-0.3, -0.25) is 4.72 Å². The minimum absolute atomic E-state index is 0.0611. The van der Waals surface area contributed by atoms with Gasteiger partial charge in [-0.1, -0.05) is 6.07 Å². The SMILES string of the molecule is N#Cc1c(F)cccc1NS(=O)(=O)N1CCOCC1. The van der Waals surface area contributed by atoms with Crippen LogP contribution in [0.4, 0.5) is 10.1 Å². The maximum Gasteiger partial charge on any atom is 0.301 e. The smallest absolute Gasteiger partial charge is 0.301 e. The molecule has 0 unspecified atom stereocenters. The monoisotopic (exact) mass is 285 g/mol. The molecule has 0 amide bonds. The topological polar surface area (TPSA) is 82.4 Å². The number of hydrogen-bond acceptors (Lipinski definition) is 4. The van der Waals surface area contributed by atoms with Crippen molar-refractivity contribution in [1.29, 1.82) is 5.26 Å². The third-order valence-electron chi connectivity index (χ3n) is 2.67. The zero-order valence-electron chi connectivity index (χ0n) is 9.97. The van der Waals surface area contributed by atoms with Crippen LogP contribution in [0.15, 0.2) is 18.2 Å². The highest BCUT2D eigenvalue weighted by atomic mass is 32.2. The molecule has 1 aromatic rings. The number of rotatable bonds is 3. The predicted octanol–water partition coefficient (Wildman–Crippen LogP) is 0.686. The molecule has 6 nitrogen and oxygen atoms in total. The molecule has 8 heteroatoms. The summed E-state index contributed by atoms with van der Waals surface area (Å²) in [5, 5.41) is 8.85. The summed E-state index contributed by atoms with van der Waals surface area (Å²) in [6, 6.07) is 5.43. The Balaban J connectivity index is 2.25. The van der Waals surface area contributed by atoms with E-state index in [1.807, 2.05) is 0 Å². The minimum atomic E-state index is -3.80. The van der Waals surface area contributed by atoms with E-state index in [4.69, 9.17) is 10.00 Å². The first kappa shape index (κ1) is 13.7. The molecule has 0 saturated carbocycles. The highest BCUT2D eigenvalue weighted by Gasteiger charge is 2.25. The Morgan fingerprint density at radius 3 is 2.68 bits per heavy atom. The number of anilines is 1. The average Bonchev–Trinajstić information content (AvgIpc) is 2.40. The van der Waals surface area contributed by atoms with Crippen molar-refractivity contribution in [3.63, 3.8) is 0 Å². The van der Waals surface area contributed by atoms with E-state index in [0.29, 0.717) is 13.2 Å². The highest BCUT2D eigenvalue weighted by Crippen LogP contribution is 2.20. The number of hydrogen-bond donors (Lipinski definition) is 1. The first-order valence-electron chi connectivity index (χ1n) is 5.59. The molecule has 0 aliphatic carbocycles. The molecule has 0 atom stereocenters. The van der Waals surface area contributed by atoms with Crippen LogP contribution in [-0.2, 0) is 14.9 Å². The van der Waals surface area contributed by atoms with Crippen LogP contribution < -0.4 is 4.72 Å². The van der Waals surface area contributed by atoms with Crippen molar-refractivity contribution in [3.8, 4) is 6.07 Å². The molecule has 2 rings (SSSR count). The van der Waals surface area contributed by atoms with Crippen molar-refractivity contribution in [2.75, 3.05) is 31.0 Å². The number of nitrogens with one attached hydrogen (secondary N) is 1. The highest BCUT2D eigenvalue weighted by molar-refractivity contribution is 7.90. The van der Waals surface area contributed by atoms with Crippen molar-refractivity contribution in [1.82, 2.24) is 4.31 Å². The molecule has 1 aromatic carbocycles. The third kappa shape index (κ3) is 3.01. The molecule has 19 heavy (non-hydrogen) atoms. The Kier molecular flexibility index (Phi) is 3.99. The summed E-state index contributed by atoms with van der Waals surface area (Å²) in [5.74, 6) is -0.760. The van der Waals surface area contributed by atoms with E-state index in [1.54, 1.807) is 6.07 Å². The number of morpholine rings is 1. The normalized spacial score (nSPS) is 16.8. The summed E-state index contributed by atoms with van der Waals surface area (Å²) in [5.41, 5.74) is -0.381. The van der Waals surface area contributed by atoms with Gasteiger partial charge in [0.1, 0.15) is 17.4 Å². The average molecular weight is 285 g/mol. The Morgan fingerprint density at radius 1 is 1.37 bits per heavy atom.